The van der Waals surface area contributed by atoms with E-state index in [0.29, 0.717) is 18.0 Å². The Morgan fingerprint density at radius 2 is 2.03 bits per heavy atom. The van der Waals surface area contributed by atoms with Gasteiger partial charge in [-0.15, -0.1) is 0 Å². The number of methoxy groups -OCH3 is 1. The van der Waals surface area contributed by atoms with Gasteiger partial charge in [-0.1, -0.05) is 24.3 Å². The monoisotopic (exact) mass is 424 g/mol. The number of guanidine groups is 1. The fraction of sp³-hybridized carbons (Fsp3) is 0.417. The molecule has 31 heavy (non-hydrogen) atoms. The Morgan fingerprint density at radius 3 is 2.74 bits per heavy atom. The van der Waals surface area contributed by atoms with Crippen molar-refractivity contribution in [3.05, 3.63) is 53.6 Å². The SMILES string of the molecule is CCNC(=NCc1ccc(OC)c(NC(C)=O)c1)NC1CC(C)(C)Oc2ccccc21. The highest BCUT2D eigenvalue weighted by Crippen LogP contribution is 2.39. The quantitative estimate of drug-likeness (QED) is 0.482. The van der Waals surface area contributed by atoms with Gasteiger partial charge in [-0.3, -0.25) is 4.79 Å². The summed E-state index contributed by atoms with van der Waals surface area (Å²) in [5.74, 6) is 2.11. The van der Waals surface area contributed by atoms with Crippen molar-refractivity contribution in [3.8, 4) is 11.5 Å². The smallest absolute Gasteiger partial charge is 0.221 e. The second kappa shape index (κ2) is 9.73. The molecule has 7 heteroatoms. The van der Waals surface area contributed by atoms with E-state index >= 15 is 0 Å². The van der Waals surface area contributed by atoms with E-state index in [4.69, 9.17) is 14.5 Å². The number of benzene rings is 2. The molecule has 0 saturated heterocycles. The first kappa shape index (κ1) is 22.5. The summed E-state index contributed by atoms with van der Waals surface area (Å²) in [7, 11) is 1.58. The molecule has 1 amide bonds. The Labute approximate surface area is 184 Å². The lowest BCUT2D eigenvalue weighted by atomic mass is 9.90. The lowest BCUT2D eigenvalue weighted by Gasteiger charge is -2.38. The minimum absolute atomic E-state index is 0.0866. The first-order valence-electron chi connectivity index (χ1n) is 10.6. The van der Waals surface area contributed by atoms with Gasteiger partial charge in [0.2, 0.25) is 5.91 Å². The third kappa shape index (κ3) is 5.90. The minimum Gasteiger partial charge on any atom is -0.495 e. The predicted molar refractivity (Wildman–Crippen MR) is 124 cm³/mol. The van der Waals surface area contributed by atoms with E-state index in [1.165, 1.54) is 6.92 Å². The van der Waals surface area contributed by atoms with Crippen LogP contribution in [0.15, 0.2) is 47.5 Å². The fourth-order valence-electron chi connectivity index (χ4n) is 3.73. The van der Waals surface area contributed by atoms with Crippen molar-refractivity contribution in [1.29, 1.82) is 0 Å². The summed E-state index contributed by atoms with van der Waals surface area (Å²) >= 11 is 0. The van der Waals surface area contributed by atoms with Crippen LogP contribution in [0.3, 0.4) is 0 Å². The van der Waals surface area contributed by atoms with Gasteiger partial charge >= 0.3 is 0 Å². The first-order valence-corrected chi connectivity index (χ1v) is 10.6. The number of fused-ring (bicyclic) bond motifs is 1. The standard InChI is InChI=1S/C24H32N4O3/c1-6-25-23(26-15-17-11-12-22(30-5)19(13-17)27-16(2)29)28-20-14-24(3,4)31-21-10-8-7-9-18(20)21/h7-13,20H,6,14-15H2,1-5H3,(H,27,29)(H2,25,26,28). The van der Waals surface area contributed by atoms with Gasteiger partial charge in [0.1, 0.15) is 17.1 Å². The Bertz CT molecular complexity index is 956. The third-order valence-corrected chi connectivity index (χ3v) is 5.03. The minimum atomic E-state index is -0.271. The van der Waals surface area contributed by atoms with E-state index in [0.717, 1.165) is 35.8 Å². The predicted octanol–water partition coefficient (Wildman–Crippen LogP) is 4.01. The first-order chi connectivity index (χ1) is 14.8. The molecule has 2 aromatic carbocycles. The highest BCUT2D eigenvalue weighted by Gasteiger charge is 2.33. The molecular formula is C24H32N4O3. The van der Waals surface area contributed by atoms with E-state index in [9.17, 15) is 4.79 Å². The molecule has 1 atom stereocenters. The van der Waals surface area contributed by atoms with Gasteiger partial charge in [-0.2, -0.15) is 0 Å². The molecule has 1 aliphatic rings. The largest absolute Gasteiger partial charge is 0.495 e. The number of hydrogen-bond donors (Lipinski definition) is 3. The third-order valence-electron chi connectivity index (χ3n) is 5.03. The van der Waals surface area contributed by atoms with E-state index in [1.54, 1.807) is 7.11 Å². The summed E-state index contributed by atoms with van der Waals surface area (Å²) in [4.78, 5) is 16.3. The Morgan fingerprint density at radius 1 is 1.26 bits per heavy atom. The summed E-state index contributed by atoms with van der Waals surface area (Å²) in [5.41, 5.74) is 2.46. The van der Waals surface area contributed by atoms with Gasteiger partial charge in [0.15, 0.2) is 5.96 Å². The maximum Gasteiger partial charge on any atom is 0.221 e. The van der Waals surface area contributed by atoms with Gasteiger partial charge in [-0.05, 0) is 44.5 Å². The van der Waals surface area contributed by atoms with E-state index in [1.807, 2.05) is 43.3 Å². The molecule has 0 aromatic heterocycles. The second-order valence-electron chi connectivity index (χ2n) is 8.21. The average molecular weight is 425 g/mol. The maximum atomic E-state index is 11.5. The normalized spacial score (nSPS) is 17.2. The zero-order valence-corrected chi connectivity index (χ0v) is 18.9. The van der Waals surface area contributed by atoms with Crippen LogP contribution in [0.25, 0.3) is 0 Å². The van der Waals surface area contributed by atoms with Crippen molar-refractivity contribution >= 4 is 17.6 Å². The van der Waals surface area contributed by atoms with Gasteiger partial charge in [0.25, 0.3) is 0 Å². The van der Waals surface area contributed by atoms with Gasteiger partial charge in [0.05, 0.1) is 25.4 Å². The summed E-state index contributed by atoms with van der Waals surface area (Å²) in [6.45, 7) is 8.93. The number of nitrogens with zero attached hydrogens (tertiary/aromatic N) is 1. The maximum absolute atomic E-state index is 11.5. The van der Waals surface area contributed by atoms with Crippen molar-refractivity contribution in [1.82, 2.24) is 10.6 Å². The van der Waals surface area contributed by atoms with Crippen molar-refractivity contribution in [2.24, 2.45) is 4.99 Å². The van der Waals surface area contributed by atoms with E-state index in [2.05, 4.69) is 35.9 Å². The molecule has 3 N–H and O–H groups in total. The number of ether oxygens (including phenoxy) is 2. The molecule has 166 valence electrons. The molecule has 3 rings (SSSR count). The van der Waals surface area contributed by atoms with Crippen LogP contribution in [0.5, 0.6) is 11.5 Å². The highest BCUT2D eigenvalue weighted by atomic mass is 16.5. The zero-order valence-electron chi connectivity index (χ0n) is 18.9. The number of carbonyl (C=O) groups is 1. The lowest BCUT2D eigenvalue weighted by Crippen LogP contribution is -2.45. The highest BCUT2D eigenvalue weighted by molar-refractivity contribution is 5.90. The van der Waals surface area contributed by atoms with Crippen LogP contribution in [0.4, 0.5) is 5.69 Å². The number of amides is 1. The average Bonchev–Trinajstić information content (AvgIpc) is 2.71. The van der Waals surface area contributed by atoms with Crippen molar-refractivity contribution < 1.29 is 14.3 Å². The molecule has 2 aromatic rings. The van der Waals surface area contributed by atoms with Crippen LogP contribution >= 0.6 is 0 Å². The van der Waals surface area contributed by atoms with Crippen LogP contribution in [0.2, 0.25) is 0 Å². The molecule has 1 unspecified atom stereocenters. The Kier molecular flexibility index (Phi) is 7.05. The number of rotatable bonds is 6. The Balaban J connectivity index is 1.81. The molecule has 1 aliphatic heterocycles. The fourth-order valence-corrected chi connectivity index (χ4v) is 3.73. The van der Waals surface area contributed by atoms with Gasteiger partial charge in [-0.25, -0.2) is 4.99 Å². The number of para-hydroxylation sites is 1. The van der Waals surface area contributed by atoms with Gasteiger partial charge < -0.3 is 25.4 Å². The number of nitrogens with one attached hydrogen (secondary N) is 3. The number of anilines is 1. The van der Waals surface area contributed by atoms with E-state index < -0.39 is 0 Å². The zero-order chi connectivity index (χ0) is 22.4. The van der Waals surface area contributed by atoms with Gasteiger partial charge in [0, 0.05) is 25.5 Å². The summed E-state index contributed by atoms with van der Waals surface area (Å²) in [6, 6.07) is 13.9. The number of aliphatic imine (C=N–C) groups is 1. The molecule has 1 heterocycles. The topological polar surface area (TPSA) is 84.0 Å². The lowest BCUT2D eigenvalue weighted by molar-refractivity contribution is -0.114. The molecule has 7 nitrogen and oxygen atoms in total. The summed E-state index contributed by atoms with van der Waals surface area (Å²) in [6.07, 6.45) is 0.823. The summed E-state index contributed by atoms with van der Waals surface area (Å²) in [5, 5.41) is 9.71. The molecule has 0 saturated carbocycles. The molecule has 0 aliphatic carbocycles. The van der Waals surface area contributed by atoms with Crippen LogP contribution in [-0.4, -0.2) is 31.1 Å². The molecule has 0 fully saturated rings. The van der Waals surface area contributed by atoms with E-state index in [-0.39, 0.29) is 17.6 Å². The van der Waals surface area contributed by atoms with Crippen LogP contribution in [0.1, 0.15) is 51.3 Å². The molecule has 0 spiro atoms. The number of carbonyl (C=O) groups excluding carboxylic acids is 1. The van der Waals surface area contributed by atoms with Crippen molar-refractivity contribution in [3.63, 3.8) is 0 Å². The Hall–Kier alpha value is -3.22. The van der Waals surface area contributed by atoms with Crippen LogP contribution in [0, 0.1) is 0 Å². The van der Waals surface area contributed by atoms with Crippen LogP contribution in [-0.2, 0) is 11.3 Å². The molecule has 0 bridgehead atoms. The second-order valence-corrected chi connectivity index (χ2v) is 8.21. The molecular weight excluding hydrogens is 392 g/mol. The van der Waals surface area contributed by atoms with Crippen LogP contribution < -0.4 is 25.4 Å². The number of hydrogen-bond acceptors (Lipinski definition) is 4. The van der Waals surface area contributed by atoms with Crippen molar-refractivity contribution in [2.45, 2.75) is 52.3 Å². The van der Waals surface area contributed by atoms with Crippen molar-refractivity contribution in [2.75, 3.05) is 19.0 Å². The summed E-state index contributed by atoms with van der Waals surface area (Å²) < 4.78 is 11.5. The molecule has 0 radical (unpaired) electrons.